The number of hydrogen-bond acceptors (Lipinski definition) is 4. The second-order valence-electron chi connectivity index (χ2n) is 6.37. The molecule has 1 atom stereocenters. The Labute approximate surface area is 169 Å². The van der Waals surface area contributed by atoms with Crippen LogP contribution < -0.4 is 10.1 Å². The lowest BCUT2D eigenvalue weighted by atomic mass is 10.0. The molecule has 1 aromatic heterocycles. The lowest BCUT2D eigenvalue weighted by Crippen LogP contribution is -2.33. The second-order valence-corrected chi connectivity index (χ2v) is 7.22. The van der Waals surface area contributed by atoms with Crippen LogP contribution in [-0.2, 0) is 4.79 Å². The zero-order chi connectivity index (χ0) is 19.7. The Morgan fingerprint density at radius 2 is 2.07 bits per heavy atom. The summed E-state index contributed by atoms with van der Waals surface area (Å²) >= 11 is 3.44. The minimum atomic E-state index is -0.382. The molecule has 4 rings (SSSR count). The van der Waals surface area contributed by atoms with E-state index in [-0.39, 0.29) is 24.5 Å². The number of anilines is 1. The van der Waals surface area contributed by atoms with Crippen molar-refractivity contribution in [2.75, 3.05) is 19.0 Å². The Morgan fingerprint density at radius 1 is 1.29 bits per heavy atom. The van der Waals surface area contributed by atoms with E-state index in [4.69, 9.17) is 4.74 Å². The molecule has 142 valence electrons. The molecule has 2 heterocycles. The fraction of sp³-hybridized carbons (Fsp3) is 0.150. The third kappa shape index (κ3) is 3.38. The number of carbonyl (C=O) groups is 2. The second kappa shape index (κ2) is 7.47. The molecule has 0 aliphatic carbocycles. The molecular formula is C20H17BrN4O3. The van der Waals surface area contributed by atoms with E-state index in [1.807, 2.05) is 30.3 Å². The highest BCUT2D eigenvalue weighted by atomic mass is 79.9. The molecule has 0 fully saturated rings. The number of halogens is 1. The highest BCUT2D eigenvalue weighted by Gasteiger charge is 2.29. The maximum absolute atomic E-state index is 13.3. The molecule has 0 spiro atoms. The topological polar surface area (TPSA) is 87.3 Å². The summed E-state index contributed by atoms with van der Waals surface area (Å²) in [4.78, 5) is 33.9. The van der Waals surface area contributed by atoms with Crippen LogP contribution in [0.1, 0.15) is 27.8 Å². The molecular weight excluding hydrogens is 424 g/mol. The summed E-state index contributed by atoms with van der Waals surface area (Å²) in [5.74, 6) is 0.700. The van der Waals surface area contributed by atoms with Gasteiger partial charge in [0, 0.05) is 23.9 Å². The van der Waals surface area contributed by atoms with Gasteiger partial charge < -0.3 is 19.9 Å². The average Bonchev–Trinajstić information content (AvgIpc) is 3.22. The van der Waals surface area contributed by atoms with Crippen molar-refractivity contribution in [1.29, 1.82) is 0 Å². The van der Waals surface area contributed by atoms with Crippen molar-refractivity contribution >= 4 is 33.4 Å². The van der Waals surface area contributed by atoms with E-state index in [0.717, 1.165) is 5.56 Å². The van der Waals surface area contributed by atoms with Gasteiger partial charge in [0.25, 0.3) is 11.8 Å². The van der Waals surface area contributed by atoms with Crippen molar-refractivity contribution in [3.8, 4) is 5.75 Å². The molecule has 1 aliphatic rings. The van der Waals surface area contributed by atoms with Crippen LogP contribution in [0.5, 0.6) is 5.75 Å². The Hall–Kier alpha value is -3.13. The van der Waals surface area contributed by atoms with Gasteiger partial charge in [0.05, 0.1) is 11.3 Å². The Morgan fingerprint density at radius 3 is 2.79 bits per heavy atom. The number of rotatable bonds is 4. The van der Waals surface area contributed by atoms with Gasteiger partial charge in [-0.25, -0.2) is 4.98 Å². The Kier molecular flexibility index (Phi) is 4.87. The quantitative estimate of drug-likeness (QED) is 0.650. The molecule has 2 aromatic carbocycles. The summed E-state index contributed by atoms with van der Waals surface area (Å²) in [5.41, 5.74) is 1.91. The molecule has 0 saturated carbocycles. The lowest BCUT2D eigenvalue weighted by molar-refractivity contribution is -0.118. The predicted molar refractivity (Wildman–Crippen MR) is 107 cm³/mol. The molecule has 1 unspecified atom stereocenters. The lowest BCUT2D eigenvalue weighted by Gasteiger charge is -2.28. The zero-order valence-electron chi connectivity index (χ0n) is 15.0. The summed E-state index contributed by atoms with van der Waals surface area (Å²) in [6, 6.07) is 12.6. The highest BCUT2D eigenvalue weighted by Crippen LogP contribution is 2.35. The molecule has 1 aliphatic heterocycles. The van der Waals surface area contributed by atoms with Crippen molar-refractivity contribution in [2.24, 2.45) is 0 Å². The molecule has 7 nitrogen and oxygen atoms in total. The summed E-state index contributed by atoms with van der Waals surface area (Å²) < 4.78 is 6.03. The SMILES string of the molecule is CN(C(=O)c1cc2c(cc1Br)NC(=O)CO2)C(c1ccccc1)c1ncc[nH]1. The standard InChI is InChI=1S/C20H17BrN4O3/c1-25(18(19-22-7-8-23-19)12-5-3-2-4-6-12)20(27)13-9-16-15(10-14(13)21)24-17(26)11-28-16/h2-10,18H,11H2,1H3,(H,22,23)(H,24,26). The first-order valence-corrected chi connectivity index (χ1v) is 9.41. The van der Waals surface area contributed by atoms with Crippen LogP contribution in [0.4, 0.5) is 5.69 Å². The normalized spacial score (nSPS) is 13.9. The van der Waals surface area contributed by atoms with Gasteiger partial charge >= 0.3 is 0 Å². The van der Waals surface area contributed by atoms with Crippen LogP contribution in [0.15, 0.2) is 59.3 Å². The maximum Gasteiger partial charge on any atom is 0.262 e. The molecule has 0 saturated heterocycles. The van der Waals surface area contributed by atoms with E-state index in [1.54, 1.807) is 36.5 Å². The monoisotopic (exact) mass is 440 g/mol. The van der Waals surface area contributed by atoms with Crippen molar-refractivity contribution in [3.05, 3.63) is 76.3 Å². The van der Waals surface area contributed by atoms with Crippen molar-refractivity contribution in [1.82, 2.24) is 14.9 Å². The molecule has 2 amide bonds. The van der Waals surface area contributed by atoms with Gasteiger partial charge in [-0.3, -0.25) is 9.59 Å². The maximum atomic E-state index is 13.3. The van der Waals surface area contributed by atoms with Gasteiger partial charge in [-0.15, -0.1) is 0 Å². The summed E-state index contributed by atoms with van der Waals surface area (Å²) in [6.45, 7) is -0.0723. The number of carbonyl (C=O) groups excluding carboxylic acids is 2. The molecule has 8 heteroatoms. The fourth-order valence-electron chi connectivity index (χ4n) is 3.20. The Balaban J connectivity index is 1.71. The van der Waals surface area contributed by atoms with Crippen LogP contribution >= 0.6 is 15.9 Å². The van der Waals surface area contributed by atoms with E-state index in [2.05, 4.69) is 31.2 Å². The van der Waals surface area contributed by atoms with E-state index in [9.17, 15) is 9.59 Å². The zero-order valence-corrected chi connectivity index (χ0v) is 16.6. The number of imidazole rings is 1. The van der Waals surface area contributed by atoms with Crippen LogP contribution in [0.2, 0.25) is 0 Å². The van der Waals surface area contributed by atoms with Gasteiger partial charge in [-0.2, -0.15) is 0 Å². The van der Waals surface area contributed by atoms with E-state index < -0.39 is 0 Å². The number of aromatic amines is 1. The summed E-state index contributed by atoms with van der Waals surface area (Å²) in [6.07, 6.45) is 3.39. The van der Waals surface area contributed by atoms with E-state index in [0.29, 0.717) is 27.3 Å². The number of nitrogens with one attached hydrogen (secondary N) is 2. The van der Waals surface area contributed by atoms with Gasteiger partial charge in [-0.1, -0.05) is 30.3 Å². The minimum absolute atomic E-state index is 0.0723. The first-order valence-electron chi connectivity index (χ1n) is 8.62. The van der Waals surface area contributed by atoms with Crippen molar-refractivity contribution in [3.63, 3.8) is 0 Å². The first-order chi connectivity index (χ1) is 13.5. The Bertz CT molecular complexity index is 1020. The molecule has 0 bridgehead atoms. The highest BCUT2D eigenvalue weighted by molar-refractivity contribution is 9.10. The van der Waals surface area contributed by atoms with Gasteiger partial charge in [0.2, 0.25) is 0 Å². The van der Waals surface area contributed by atoms with Crippen LogP contribution in [0, 0.1) is 0 Å². The number of hydrogen-bond donors (Lipinski definition) is 2. The first kappa shape index (κ1) is 18.2. The van der Waals surface area contributed by atoms with Gasteiger partial charge in [0.1, 0.15) is 17.6 Å². The number of fused-ring (bicyclic) bond motifs is 1. The third-order valence-corrected chi connectivity index (χ3v) is 5.19. The number of amides is 2. The number of ether oxygens (including phenoxy) is 1. The molecule has 2 N–H and O–H groups in total. The predicted octanol–water partition coefficient (Wildman–Crippen LogP) is 3.36. The summed E-state index contributed by atoms with van der Waals surface area (Å²) in [7, 11) is 1.73. The third-order valence-electron chi connectivity index (χ3n) is 4.53. The largest absolute Gasteiger partial charge is 0.482 e. The smallest absolute Gasteiger partial charge is 0.262 e. The number of benzene rings is 2. The molecule has 3 aromatic rings. The van der Waals surface area contributed by atoms with Gasteiger partial charge in [-0.05, 0) is 33.6 Å². The minimum Gasteiger partial charge on any atom is -0.482 e. The van der Waals surface area contributed by atoms with Gasteiger partial charge in [0.15, 0.2) is 6.61 Å². The van der Waals surface area contributed by atoms with Crippen LogP contribution in [0.25, 0.3) is 0 Å². The van der Waals surface area contributed by atoms with E-state index >= 15 is 0 Å². The molecule has 28 heavy (non-hydrogen) atoms. The van der Waals surface area contributed by atoms with Crippen LogP contribution in [0.3, 0.4) is 0 Å². The van der Waals surface area contributed by atoms with Crippen molar-refractivity contribution < 1.29 is 14.3 Å². The van der Waals surface area contributed by atoms with E-state index in [1.165, 1.54) is 0 Å². The fourth-order valence-corrected chi connectivity index (χ4v) is 3.71. The molecule has 0 radical (unpaired) electrons. The summed E-state index contributed by atoms with van der Waals surface area (Å²) in [5, 5.41) is 2.73. The average molecular weight is 441 g/mol. The number of aromatic nitrogens is 2. The van der Waals surface area contributed by atoms with Crippen LogP contribution in [-0.4, -0.2) is 40.3 Å². The number of H-pyrrole nitrogens is 1. The van der Waals surface area contributed by atoms with Crippen molar-refractivity contribution in [2.45, 2.75) is 6.04 Å². The number of nitrogens with zero attached hydrogens (tertiary/aromatic N) is 2.